The van der Waals surface area contributed by atoms with Gasteiger partial charge >= 0.3 is 5.69 Å². The monoisotopic (exact) mass is 387 g/mol. The Balaban J connectivity index is 1.88. The highest BCUT2D eigenvalue weighted by molar-refractivity contribution is 7.21. The molecule has 0 aliphatic carbocycles. The van der Waals surface area contributed by atoms with Crippen LogP contribution >= 0.6 is 22.7 Å². The van der Waals surface area contributed by atoms with Crippen LogP contribution < -0.4 is 4.74 Å². The Morgan fingerprint density at radius 1 is 1.08 bits per heavy atom. The Morgan fingerprint density at radius 2 is 1.88 bits per heavy atom. The second-order valence-electron chi connectivity index (χ2n) is 5.39. The third-order valence-electron chi connectivity index (χ3n) is 3.74. The molecule has 130 valence electrons. The van der Waals surface area contributed by atoms with Crippen LogP contribution in [0.15, 0.2) is 35.7 Å². The molecule has 0 amide bonds. The van der Waals surface area contributed by atoms with E-state index in [1.165, 1.54) is 34.8 Å². The van der Waals surface area contributed by atoms with Gasteiger partial charge in [-0.05, 0) is 24.4 Å². The molecule has 0 saturated carbocycles. The molecule has 4 rings (SSSR count). The first kappa shape index (κ1) is 16.4. The zero-order valence-corrected chi connectivity index (χ0v) is 14.8. The third-order valence-corrected chi connectivity index (χ3v) is 5.58. The van der Waals surface area contributed by atoms with Crippen molar-refractivity contribution in [3.63, 3.8) is 0 Å². The lowest BCUT2D eigenvalue weighted by Gasteiger charge is -2.08. The molecule has 0 fully saturated rings. The number of non-ortho nitro benzene ring substituents is 1. The van der Waals surface area contributed by atoms with Gasteiger partial charge in [-0.25, -0.2) is 4.98 Å². The number of nitro benzene ring substituents is 2. The van der Waals surface area contributed by atoms with Crippen molar-refractivity contribution in [1.82, 2.24) is 4.98 Å². The number of rotatable bonds is 4. The van der Waals surface area contributed by atoms with Crippen LogP contribution in [0.4, 0.5) is 11.4 Å². The Kier molecular flexibility index (Phi) is 3.78. The summed E-state index contributed by atoms with van der Waals surface area (Å²) in [6, 6.07) is 6.98. The Morgan fingerprint density at radius 3 is 2.62 bits per heavy atom. The highest BCUT2D eigenvalue weighted by Crippen LogP contribution is 2.42. The number of thiazole rings is 1. The van der Waals surface area contributed by atoms with E-state index < -0.39 is 15.5 Å². The van der Waals surface area contributed by atoms with Crippen LogP contribution in [0.2, 0.25) is 0 Å². The fourth-order valence-electron chi connectivity index (χ4n) is 2.64. The molecule has 2 heterocycles. The lowest BCUT2D eigenvalue weighted by Crippen LogP contribution is -1.96. The summed E-state index contributed by atoms with van der Waals surface area (Å²) in [4.78, 5) is 25.3. The number of thiophene rings is 1. The van der Waals surface area contributed by atoms with Crippen LogP contribution in [0.3, 0.4) is 0 Å². The van der Waals surface area contributed by atoms with Crippen LogP contribution in [-0.2, 0) is 0 Å². The number of hydrogen-bond donors (Lipinski definition) is 0. The number of hydrogen-bond acceptors (Lipinski definition) is 8. The lowest BCUT2D eigenvalue weighted by molar-refractivity contribution is -0.394. The minimum absolute atomic E-state index is 0.0475. The van der Waals surface area contributed by atoms with Crippen molar-refractivity contribution in [3.05, 3.63) is 60.9 Å². The maximum atomic E-state index is 11.3. The van der Waals surface area contributed by atoms with E-state index in [0.717, 1.165) is 31.4 Å². The van der Waals surface area contributed by atoms with Gasteiger partial charge in [0.2, 0.25) is 5.75 Å². The van der Waals surface area contributed by atoms with Gasteiger partial charge in [-0.1, -0.05) is 0 Å². The molecule has 0 aliphatic rings. The number of fused-ring (bicyclic) bond motifs is 3. The van der Waals surface area contributed by atoms with Crippen LogP contribution in [0.5, 0.6) is 11.5 Å². The normalized spacial score (nSPS) is 11.1. The molecule has 0 bridgehead atoms. The maximum absolute atomic E-state index is 11.3. The SMILES string of the molecule is Cc1nc2c(cc(Oc3ccc([N+](=O)[O-])cc3[N+](=O)[O-])c3ccsc32)s1. The minimum atomic E-state index is -0.692. The van der Waals surface area contributed by atoms with Crippen molar-refractivity contribution in [1.29, 1.82) is 0 Å². The smallest absolute Gasteiger partial charge is 0.318 e. The summed E-state index contributed by atoms with van der Waals surface area (Å²) >= 11 is 3.02. The summed E-state index contributed by atoms with van der Waals surface area (Å²) in [6.45, 7) is 1.91. The van der Waals surface area contributed by atoms with Gasteiger partial charge in [0.15, 0.2) is 0 Å². The number of benzene rings is 2. The first-order chi connectivity index (χ1) is 12.4. The van der Waals surface area contributed by atoms with E-state index in [4.69, 9.17) is 4.74 Å². The van der Waals surface area contributed by atoms with E-state index in [0.29, 0.717) is 5.75 Å². The van der Waals surface area contributed by atoms with Crippen molar-refractivity contribution in [2.75, 3.05) is 0 Å². The van der Waals surface area contributed by atoms with Gasteiger partial charge < -0.3 is 4.74 Å². The number of nitrogens with zero attached hydrogens (tertiary/aromatic N) is 3. The van der Waals surface area contributed by atoms with Gasteiger partial charge in [0.25, 0.3) is 5.69 Å². The molecule has 4 aromatic rings. The van der Waals surface area contributed by atoms with Crippen LogP contribution in [0.25, 0.3) is 20.3 Å². The minimum Gasteiger partial charge on any atom is -0.449 e. The predicted octanol–water partition coefficient (Wildman–Crippen LogP) is 5.43. The highest BCUT2D eigenvalue weighted by Gasteiger charge is 2.22. The summed E-state index contributed by atoms with van der Waals surface area (Å²) in [5.41, 5.74) is 0.0597. The number of aryl methyl sites for hydroxylation is 1. The fourth-order valence-corrected chi connectivity index (χ4v) is 4.47. The lowest BCUT2D eigenvalue weighted by atomic mass is 10.2. The zero-order valence-electron chi connectivity index (χ0n) is 13.2. The van der Waals surface area contributed by atoms with E-state index in [1.807, 2.05) is 18.4 Å². The molecule has 0 aliphatic heterocycles. The van der Waals surface area contributed by atoms with Gasteiger partial charge in [-0.3, -0.25) is 20.2 Å². The topological polar surface area (TPSA) is 108 Å². The number of aromatic nitrogens is 1. The molecule has 0 spiro atoms. The summed E-state index contributed by atoms with van der Waals surface area (Å²) in [5.74, 6) is 0.406. The van der Waals surface area contributed by atoms with Gasteiger partial charge in [0.05, 0.1) is 35.8 Å². The third kappa shape index (κ3) is 2.65. The largest absolute Gasteiger partial charge is 0.449 e. The highest BCUT2D eigenvalue weighted by atomic mass is 32.1. The zero-order chi connectivity index (χ0) is 18.4. The molecule has 0 saturated heterocycles. The molecular weight excluding hydrogens is 378 g/mol. The molecule has 2 aromatic carbocycles. The first-order valence-electron chi connectivity index (χ1n) is 7.32. The summed E-state index contributed by atoms with van der Waals surface area (Å²) < 4.78 is 7.67. The summed E-state index contributed by atoms with van der Waals surface area (Å²) in [7, 11) is 0. The van der Waals surface area contributed by atoms with Crippen LogP contribution in [0, 0.1) is 27.2 Å². The van der Waals surface area contributed by atoms with Gasteiger partial charge in [-0.2, -0.15) is 0 Å². The van der Waals surface area contributed by atoms with Crippen molar-refractivity contribution < 1.29 is 14.6 Å². The van der Waals surface area contributed by atoms with Crippen LogP contribution in [-0.4, -0.2) is 14.8 Å². The summed E-state index contributed by atoms with van der Waals surface area (Å²) in [5, 5.41) is 25.8. The fraction of sp³-hybridized carbons (Fsp3) is 0.0625. The predicted molar refractivity (Wildman–Crippen MR) is 99.6 cm³/mol. The van der Waals surface area contributed by atoms with E-state index in [2.05, 4.69) is 4.98 Å². The van der Waals surface area contributed by atoms with Gasteiger partial charge in [-0.15, -0.1) is 22.7 Å². The Hall–Kier alpha value is -3.11. The van der Waals surface area contributed by atoms with Crippen LogP contribution in [0.1, 0.15) is 5.01 Å². The molecular formula is C16H9N3O5S2. The van der Waals surface area contributed by atoms with Crippen molar-refractivity contribution in [3.8, 4) is 11.5 Å². The number of ether oxygens (including phenoxy) is 1. The summed E-state index contributed by atoms with van der Waals surface area (Å²) in [6.07, 6.45) is 0. The number of nitro groups is 2. The van der Waals surface area contributed by atoms with Crippen molar-refractivity contribution >= 4 is 54.4 Å². The Bertz CT molecular complexity index is 1200. The second-order valence-corrected chi connectivity index (χ2v) is 7.54. The average molecular weight is 387 g/mol. The quantitative estimate of drug-likeness (QED) is 0.341. The van der Waals surface area contributed by atoms with Gasteiger partial charge in [0.1, 0.15) is 5.75 Å². The first-order valence-corrected chi connectivity index (χ1v) is 9.01. The average Bonchev–Trinajstić information content (AvgIpc) is 3.20. The van der Waals surface area contributed by atoms with Crippen molar-refractivity contribution in [2.24, 2.45) is 0 Å². The van der Waals surface area contributed by atoms with E-state index in [1.54, 1.807) is 6.07 Å². The van der Waals surface area contributed by atoms with Gasteiger partial charge in [0, 0.05) is 17.5 Å². The molecule has 0 N–H and O–H groups in total. The van der Waals surface area contributed by atoms with E-state index >= 15 is 0 Å². The molecule has 26 heavy (non-hydrogen) atoms. The maximum Gasteiger partial charge on any atom is 0.318 e. The molecule has 0 unspecified atom stereocenters. The molecule has 0 atom stereocenters. The Labute approximate surface area is 153 Å². The molecule has 8 nitrogen and oxygen atoms in total. The molecule has 10 heteroatoms. The standard InChI is InChI=1S/C16H9N3O5S2/c1-8-17-15-14(26-8)7-13(10-4-5-25-16(10)15)24-12-3-2-9(18(20)21)6-11(12)19(22)23/h2-7H,1H3. The van der Waals surface area contributed by atoms with E-state index in [9.17, 15) is 20.2 Å². The molecule has 2 aromatic heterocycles. The second kappa shape index (κ2) is 6.00. The van der Waals surface area contributed by atoms with E-state index in [-0.39, 0.29) is 11.4 Å². The molecule has 0 radical (unpaired) electrons. The van der Waals surface area contributed by atoms with Crippen molar-refractivity contribution in [2.45, 2.75) is 6.92 Å².